The topological polar surface area (TPSA) is 64.6 Å². The van der Waals surface area contributed by atoms with Crippen LogP contribution in [-0.4, -0.2) is 24.6 Å². The summed E-state index contributed by atoms with van der Waals surface area (Å²) in [5.74, 6) is -0.0957. The van der Waals surface area contributed by atoms with Crippen LogP contribution >= 0.6 is 0 Å². The lowest BCUT2D eigenvalue weighted by molar-refractivity contribution is -0.151. The van der Waals surface area contributed by atoms with E-state index >= 15 is 0 Å². The van der Waals surface area contributed by atoms with E-state index in [-0.39, 0.29) is 5.91 Å². The number of hydrogen-bond acceptors (Lipinski definition) is 4. The van der Waals surface area contributed by atoms with Crippen LogP contribution in [0.3, 0.4) is 0 Å². The van der Waals surface area contributed by atoms with Crippen LogP contribution in [0, 0.1) is 6.92 Å². The number of nitrogens with one attached hydrogen (secondary N) is 1. The van der Waals surface area contributed by atoms with Crippen molar-refractivity contribution in [2.75, 3.05) is 11.9 Å². The third-order valence-electron chi connectivity index (χ3n) is 3.52. The Labute approximate surface area is 148 Å². The average molecular weight is 341 g/mol. The molecule has 0 aromatic heterocycles. The van der Waals surface area contributed by atoms with E-state index in [4.69, 9.17) is 9.47 Å². The third kappa shape index (κ3) is 5.64. The highest BCUT2D eigenvalue weighted by Crippen LogP contribution is 2.16. The molecule has 2 rings (SSSR count). The van der Waals surface area contributed by atoms with E-state index in [9.17, 15) is 9.59 Å². The predicted octanol–water partition coefficient (Wildman–Crippen LogP) is 3.97. The van der Waals surface area contributed by atoms with Gasteiger partial charge in [0.25, 0.3) is 5.91 Å². The van der Waals surface area contributed by atoms with Crippen molar-refractivity contribution in [3.05, 3.63) is 59.7 Å². The number of aryl methyl sites for hydroxylation is 1. The molecule has 0 saturated carbocycles. The highest BCUT2D eigenvalue weighted by Gasteiger charge is 2.16. The molecule has 1 atom stereocenters. The van der Waals surface area contributed by atoms with Crippen molar-refractivity contribution in [3.63, 3.8) is 0 Å². The van der Waals surface area contributed by atoms with Crippen LogP contribution in [0.25, 0.3) is 0 Å². The van der Waals surface area contributed by atoms with Crippen molar-refractivity contribution in [3.8, 4) is 5.75 Å². The molecule has 0 aliphatic rings. The van der Waals surface area contributed by atoms with Crippen LogP contribution in [0.15, 0.2) is 48.5 Å². The Hall–Kier alpha value is -2.82. The van der Waals surface area contributed by atoms with Gasteiger partial charge in [-0.15, -0.1) is 0 Å². The smallest absolute Gasteiger partial charge is 0.347 e. The first-order valence-corrected chi connectivity index (χ1v) is 8.31. The highest BCUT2D eigenvalue weighted by atomic mass is 16.6. The van der Waals surface area contributed by atoms with Gasteiger partial charge < -0.3 is 14.8 Å². The van der Waals surface area contributed by atoms with Crippen LogP contribution in [0.4, 0.5) is 5.69 Å². The Morgan fingerprint density at radius 3 is 2.28 bits per heavy atom. The van der Waals surface area contributed by atoms with E-state index in [2.05, 4.69) is 5.32 Å². The summed E-state index contributed by atoms with van der Waals surface area (Å²) >= 11 is 0. The van der Waals surface area contributed by atoms with E-state index < -0.39 is 12.1 Å². The molecule has 0 saturated heterocycles. The summed E-state index contributed by atoms with van der Waals surface area (Å²) in [4.78, 5) is 23.9. The predicted molar refractivity (Wildman–Crippen MR) is 96.9 cm³/mol. The van der Waals surface area contributed by atoms with E-state index in [0.29, 0.717) is 17.9 Å². The third-order valence-corrected chi connectivity index (χ3v) is 3.52. The fourth-order valence-electron chi connectivity index (χ4n) is 2.10. The number of benzene rings is 2. The summed E-state index contributed by atoms with van der Waals surface area (Å²) in [6.45, 7) is 5.93. The van der Waals surface area contributed by atoms with Crippen molar-refractivity contribution in [2.45, 2.75) is 33.3 Å². The Kier molecular flexibility index (Phi) is 6.57. The summed E-state index contributed by atoms with van der Waals surface area (Å²) in [5, 5.41) is 2.83. The van der Waals surface area contributed by atoms with Crippen molar-refractivity contribution in [1.82, 2.24) is 0 Å². The second-order valence-corrected chi connectivity index (χ2v) is 5.77. The summed E-state index contributed by atoms with van der Waals surface area (Å²) in [6.07, 6.45) is 0.0715. The summed E-state index contributed by atoms with van der Waals surface area (Å²) < 4.78 is 10.6. The summed E-state index contributed by atoms with van der Waals surface area (Å²) in [6, 6.07) is 14.2. The molecule has 25 heavy (non-hydrogen) atoms. The minimum Gasteiger partial charge on any atom is -0.479 e. The minimum atomic E-state index is -0.696. The molecule has 0 radical (unpaired) electrons. The molecule has 1 N–H and O–H groups in total. The molecule has 5 heteroatoms. The summed E-state index contributed by atoms with van der Waals surface area (Å²) in [5.41, 5.74) is 2.38. The second-order valence-electron chi connectivity index (χ2n) is 5.77. The largest absolute Gasteiger partial charge is 0.479 e. The van der Waals surface area contributed by atoms with Gasteiger partial charge in [0, 0.05) is 11.3 Å². The Bertz CT molecular complexity index is 707. The molecule has 0 spiro atoms. The first kappa shape index (κ1) is 18.5. The number of carbonyl (C=O) groups is 2. The maximum Gasteiger partial charge on any atom is 0.347 e. The monoisotopic (exact) mass is 341 g/mol. The summed E-state index contributed by atoms with van der Waals surface area (Å²) in [7, 11) is 0. The number of esters is 1. The van der Waals surface area contributed by atoms with Gasteiger partial charge in [0.05, 0.1) is 6.61 Å². The van der Waals surface area contributed by atoms with Crippen molar-refractivity contribution in [2.24, 2.45) is 0 Å². The van der Waals surface area contributed by atoms with Gasteiger partial charge in [-0.25, -0.2) is 4.79 Å². The number of amides is 1. The standard InChI is InChI=1S/C20H23NO4/c1-4-13-24-20(23)15(3)25-18-11-7-16(8-12-18)19(22)21-17-9-5-14(2)6-10-17/h5-12,15H,4,13H2,1-3H3,(H,21,22)/t15-/m0/s1. The molecule has 2 aromatic rings. The fourth-order valence-corrected chi connectivity index (χ4v) is 2.10. The van der Waals surface area contributed by atoms with Gasteiger partial charge in [-0.2, -0.15) is 0 Å². The lowest BCUT2D eigenvalue weighted by atomic mass is 10.2. The maximum atomic E-state index is 12.2. The maximum absolute atomic E-state index is 12.2. The number of carbonyl (C=O) groups excluding carboxylic acids is 2. The molecule has 5 nitrogen and oxygen atoms in total. The van der Waals surface area contributed by atoms with E-state index in [0.717, 1.165) is 17.7 Å². The van der Waals surface area contributed by atoms with E-state index in [1.54, 1.807) is 31.2 Å². The molecule has 0 aliphatic carbocycles. The van der Waals surface area contributed by atoms with Gasteiger partial charge in [-0.05, 0) is 56.7 Å². The quantitative estimate of drug-likeness (QED) is 0.774. The van der Waals surface area contributed by atoms with Gasteiger partial charge >= 0.3 is 5.97 Å². The first-order valence-electron chi connectivity index (χ1n) is 8.31. The van der Waals surface area contributed by atoms with Crippen LogP contribution in [0.1, 0.15) is 36.2 Å². The molecule has 132 valence electrons. The number of anilines is 1. The Morgan fingerprint density at radius 1 is 1.04 bits per heavy atom. The normalized spacial score (nSPS) is 11.5. The molecule has 0 bridgehead atoms. The van der Waals surface area contributed by atoms with Crippen molar-refractivity contribution < 1.29 is 19.1 Å². The van der Waals surface area contributed by atoms with Gasteiger partial charge in [0.15, 0.2) is 6.10 Å². The molecule has 2 aromatic carbocycles. The number of hydrogen-bond donors (Lipinski definition) is 1. The van der Waals surface area contributed by atoms with Gasteiger partial charge in [-0.1, -0.05) is 24.6 Å². The van der Waals surface area contributed by atoms with Gasteiger partial charge in [-0.3, -0.25) is 4.79 Å². The first-order chi connectivity index (χ1) is 12.0. The van der Waals surface area contributed by atoms with E-state index in [1.807, 2.05) is 38.1 Å². The van der Waals surface area contributed by atoms with Crippen molar-refractivity contribution in [1.29, 1.82) is 0 Å². The lowest BCUT2D eigenvalue weighted by Crippen LogP contribution is -2.26. The average Bonchev–Trinajstić information content (AvgIpc) is 2.62. The minimum absolute atomic E-state index is 0.203. The second kappa shape index (κ2) is 8.87. The molecule has 0 fully saturated rings. The highest BCUT2D eigenvalue weighted by molar-refractivity contribution is 6.04. The molecule has 0 unspecified atom stereocenters. The Morgan fingerprint density at radius 2 is 1.68 bits per heavy atom. The fraction of sp³-hybridized carbons (Fsp3) is 0.300. The van der Waals surface area contributed by atoms with Crippen LogP contribution in [-0.2, 0) is 9.53 Å². The zero-order valence-electron chi connectivity index (χ0n) is 14.7. The molecular formula is C20H23NO4. The number of ether oxygens (including phenoxy) is 2. The molecular weight excluding hydrogens is 318 g/mol. The molecule has 0 aliphatic heterocycles. The zero-order chi connectivity index (χ0) is 18.2. The van der Waals surface area contributed by atoms with Crippen LogP contribution < -0.4 is 10.1 Å². The van der Waals surface area contributed by atoms with Crippen LogP contribution in [0.2, 0.25) is 0 Å². The van der Waals surface area contributed by atoms with E-state index in [1.165, 1.54) is 0 Å². The lowest BCUT2D eigenvalue weighted by Gasteiger charge is -2.14. The number of rotatable bonds is 7. The zero-order valence-corrected chi connectivity index (χ0v) is 14.7. The molecule has 1 amide bonds. The Balaban J connectivity index is 1.93. The van der Waals surface area contributed by atoms with Crippen molar-refractivity contribution >= 4 is 17.6 Å². The van der Waals surface area contributed by atoms with Gasteiger partial charge in [0.1, 0.15) is 5.75 Å². The van der Waals surface area contributed by atoms with Gasteiger partial charge in [0.2, 0.25) is 0 Å². The SMILES string of the molecule is CCCOC(=O)[C@H](C)Oc1ccc(C(=O)Nc2ccc(C)cc2)cc1. The molecule has 0 heterocycles. The van der Waals surface area contributed by atoms with Crippen LogP contribution in [0.5, 0.6) is 5.75 Å².